The van der Waals surface area contributed by atoms with E-state index in [1.54, 1.807) is 0 Å². The molecule has 0 aliphatic rings. The van der Waals surface area contributed by atoms with Crippen LogP contribution in [0.15, 0.2) is 109 Å². The number of hydrogen-bond acceptors (Lipinski definition) is 3. The summed E-state index contributed by atoms with van der Waals surface area (Å²) in [5.41, 5.74) is 10.4. The topological polar surface area (TPSA) is 55.9 Å². The normalized spacial score (nSPS) is 12.9. The van der Waals surface area contributed by atoms with Gasteiger partial charge in [0.2, 0.25) is 0 Å². The smallest absolute Gasteiger partial charge is 0.146 e. The number of phenolic OH excluding ortho intramolecular Hbond substituents is 1. The van der Waals surface area contributed by atoms with Crippen molar-refractivity contribution in [2.75, 3.05) is 0 Å². The molecule has 0 aliphatic carbocycles. The van der Waals surface area contributed by atoms with Crippen molar-refractivity contribution < 1.29 is 5.11 Å². The van der Waals surface area contributed by atoms with E-state index in [4.69, 9.17) is 9.97 Å². The van der Waals surface area contributed by atoms with E-state index in [1.165, 1.54) is 16.5 Å². The highest BCUT2D eigenvalue weighted by Gasteiger charge is 2.27. The molecule has 1 N–H and O–H groups in total. The molecule has 51 heavy (non-hydrogen) atoms. The fraction of sp³-hybridized carbons (Fsp3) is 0.261. The molecular formula is C46H46N4O. The molecule has 8 aromatic rings. The number of rotatable bonds is 3. The summed E-state index contributed by atoms with van der Waals surface area (Å²) in [5.74, 6) is 0.292. The van der Waals surface area contributed by atoms with Crippen molar-refractivity contribution in [2.24, 2.45) is 0 Å². The van der Waals surface area contributed by atoms with Crippen LogP contribution in [0, 0.1) is 0 Å². The molecule has 0 fully saturated rings. The average molecular weight is 671 g/mol. The second-order valence-electron chi connectivity index (χ2n) is 17.1. The third-order valence-corrected chi connectivity index (χ3v) is 10.3. The lowest BCUT2D eigenvalue weighted by atomic mass is 9.78. The first-order valence-electron chi connectivity index (χ1n) is 17.9. The van der Waals surface area contributed by atoms with Gasteiger partial charge < -0.3 is 5.11 Å². The standard InChI is InChI=1S/C46H46N4O/c1-44(2,3)28-23-30(49-39-18-12-10-15-32(39)34-17-14-22-47-42(34)49)27-31(24-28)50-40-19-13-11-16-33(40)35-20-21-38(48-43(35)50)36-25-29(45(4,5)6)26-37(41(36)51)46(7,8)9/h10-27,51H,1-9H3. The Bertz CT molecular complexity index is 2600. The predicted octanol–water partition coefficient (Wildman–Crippen LogP) is 11.9. The molecule has 5 nitrogen and oxygen atoms in total. The van der Waals surface area contributed by atoms with Crippen LogP contribution < -0.4 is 0 Å². The zero-order chi connectivity index (χ0) is 36.0. The monoisotopic (exact) mass is 670 g/mol. The molecule has 0 saturated heterocycles. The van der Waals surface area contributed by atoms with Crippen molar-refractivity contribution in [3.63, 3.8) is 0 Å². The van der Waals surface area contributed by atoms with Crippen LogP contribution in [0.3, 0.4) is 0 Å². The Morgan fingerprint density at radius 3 is 1.63 bits per heavy atom. The van der Waals surface area contributed by atoms with Gasteiger partial charge in [0.05, 0.1) is 28.1 Å². The molecule has 0 bridgehead atoms. The Balaban J connectivity index is 1.45. The van der Waals surface area contributed by atoms with E-state index in [-0.39, 0.29) is 16.2 Å². The summed E-state index contributed by atoms with van der Waals surface area (Å²) >= 11 is 0. The maximum absolute atomic E-state index is 11.9. The van der Waals surface area contributed by atoms with E-state index in [0.29, 0.717) is 5.75 Å². The lowest BCUT2D eigenvalue weighted by Gasteiger charge is -2.27. The zero-order valence-corrected chi connectivity index (χ0v) is 31.1. The van der Waals surface area contributed by atoms with E-state index in [0.717, 1.165) is 66.7 Å². The fourth-order valence-electron chi connectivity index (χ4n) is 7.43. The van der Waals surface area contributed by atoms with Gasteiger partial charge in [0, 0.05) is 38.9 Å². The molecule has 0 amide bonds. The van der Waals surface area contributed by atoms with Crippen LogP contribution >= 0.6 is 0 Å². The van der Waals surface area contributed by atoms with Crippen LogP contribution in [0.25, 0.3) is 66.5 Å². The van der Waals surface area contributed by atoms with Gasteiger partial charge in [-0.25, -0.2) is 9.97 Å². The summed E-state index contributed by atoms with van der Waals surface area (Å²) in [6, 6.07) is 36.7. The second-order valence-corrected chi connectivity index (χ2v) is 17.1. The summed E-state index contributed by atoms with van der Waals surface area (Å²) in [4.78, 5) is 10.3. The van der Waals surface area contributed by atoms with E-state index < -0.39 is 0 Å². The van der Waals surface area contributed by atoms with Crippen LogP contribution in [0.1, 0.15) is 79.0 Å². The Kier molecular flexibility index (Phi) is 7.26. The molecule has 4 aromatic carbocycles. The number of aromatic hydroxyl groups is 1. The summed E-state index contributed by atoms with van der Waals surface area (Å²) < 4.78 is 4.59. The first kappa shape index (κ1) is 32.8. The van der Waals surface area contributed by atoms with Gasteiger partial charge >= 0.3 is 0 Å². The quantitative estimate of drug-likeness (QED) is 0.203. The van der Waals surface area contributed by atoms with E-state index in [9.17, 15) is 5.11 Å². The minimum absolute atomic E-state index is 0.104. The van der Waals surface area contributed by atoms with Crippen molar-refractivity contribution in [2.45, 2.75) is 78.6 Å². The highest BCUT2D eigenvalue weighted by molar-refractivity contribution is 6.09. The van der Waals surface area contributed by atoms with Gasteiger partial charge in [-0.2, -0.15) is 0 Å². The minimum atomic E-state index is -0.245. The molecule has 4 aromatic heterocycles. The maximum Gasteiger partial charge on any atom is 0.146 e. The summed E-state index contributed by atoms with van der Waals surface area (Å²) in [6.45, 7) is 19.9. The maximum atomic E-state index is 11.9. The Hall–Kier alpha value is -5.42. The zero-order valence-electron chi connectivity index (χ0n) is 31.1. The predicted molar refractivity (Wildman–Crippen MR) is 214 cm³/mol. The van der Waals surface area contributed by atoms with Crippen LogP contribution in [0.4, 0.5) is 0 Å². The first-order valence-corrected chi connectivity index (χ1v) is 17.9. The molecular weight excluding hydrogens is 625 g/mol. The van der Waals surface area contributed by atoms with Crippen LogP contribution in [0.5, 0.6) is 5.75 Å². The molecule has 0 unspecified atom stereocenters. The molecule has 8 rings (SSSR count). The van der Waals surface area contributed by atoms with Crippen LogP contribution in [-0.4, -0.2) is 24.2 Å². The summed E-state index contributed by atoms with van der Waals surface area (Å²) in [5, 5.41) is 16.4. The minimum Gasteiger partial charge on any atom is -0.507 e. The number of nitrogens with zero attached hydrogens (tertiary/aromatic N) is 4. The second kappa shape index (κ2) is 11.3. The van der Waals surface area contributed by atoms with Gasteiger partial charge in [-0.15, -0.1) is 0 Å². The number of aromatic nitrogens is 4. The number of phenols is 1. The third kappa shape index (κ3) is 5.38. The Morgan fingerprint density at radius 1 is 0.510 bits per heavy atom. The van der Waals surface area contributed by atoms with Gasteiger partial charge in [0.1, 0.15) is 17.0 Å². The molecule has 5 heteroatoms. The van der Waals surface area contributed by atoms with Gasteiger partial charge in [-0.3, -0.25) is 9.13 Å². The van der Waals surface area contributed by atoms with Gasteiger partial charge in [0.25, 0.3) is 0 Å². The average Bonchev–Trinajstić information content (AvgIpc) is 3.59. The number of pyridine rings is 2. The van der Waals surface area contributed by atoms with Crippen LogP contribution in [0.2, 0.25) is 0 Å². The van der Waals surface area contributed by atoms with Crippen molar-refractivity contribution in [3.05, 3.63) is 126 Å². The van der Waals surface area contributed by atoms with Gasteiger partial charge in [-0.05, 0) is 88.0 Å². The number of benzene rings is 4. The molecule has 0 spiro atoms. The number of hydrogen-bond donors (Lipinski definition) is 1. The number of para-hydroxylation sites is 2. The first-order chi connectivity index (χ1) is 24.1. The lowest BCUT2D eigenvalue weighted by molar-refractivity contribution is 0.446. The van der Waals surface area contributed by atoms with E-state index in [2.05, 4.69) is 169 Å². The van der Waals surface area contributed by atoms with Crippen molar-refractivity contribution in [1.82, 2.24) is 19.1 Å². The molecule has 0 saturated carbocycles. The highest BCUT2D eigenvalue weighted by Crippen LogP contribution is 2.43. The SMILES string of the molecule is CC(C)(C)c1cc(-n2c3ccccc3c3cccnc32)cc(-n2c3ccccc3c3ccc(-c4cc(C(C)(C)C)cc(C(C)(C)C)c4O)nc32)c1. The Morgan fingerprint density at radius 2 is 1.04 bits per heavy atom. The van der Waals surface area contributed by atoms with Crippen molar-refractivity contribution in [3.8, 4) is 28.4 Å². The lowest BCUT2D eigenvalue weighted by Crippen LogP contribution is -2.17. The van der Waals surface area contributed by atoms with Gasteiger partial charge in [0.15, 0.2) is 0 Å². The molecule has 0 aliphatic heterocycles. The summed E-state index contributed by atoms with van der Waals surface area (Å²) in [6.07, 6.45) is 1.87. The largest absolute Gasteiger partial charge is 0.507 e. The van der Waals surface area contributed by atoms with Crippen molar-refractivity contribution in [1.29, 1.82) is 0 Å². The third-order valence-electron chi connectivity index (χ3n) is 10.3. The van der Waals surface area contributed by atoms with E-state index >= 15 is 0 Å². The molecule has 0 radical (unpaired) electrons. The van der Waals surface area contributed by atoms with Gasteiger partial charge in [-0.1, -0.05) is 105 Å². The summed E-state index contributed by atoms with van der Waals surface area (Å²) in [7, 11) is 0. The Labute approximate surface area is 300 Å². The fourth-order valence-corrected chi connectivity index (χ4v) is 7.43. The van der Waals surface area contributed by atoms with E-state index in [1.807, 2.05) is 12.3 Å². The van der Waals surface area contributed by atoms with Crippen molar-refractivity contribution >= 4 is 43.9 Å². The molecule has 256 valence electrons. The molecule has 0 atom stereocenters. The molecule has 4 heterocycles. The van der Waals surface area contributed by atoms with Crippen LogP contribution in [-0.2, 0) is 16.2 Å². The highest BCUT2D eigenvalue weighted by atomic mass is 16.3. The number of fused-ring (bicyclic) bond motifs is 6.